The van der Waals surface area contributed by atoms with Gasteiger partial charge >= 0.3 is 5.97 Å². The number of hydrogen-bond donors (Lipinski definition) is 1. The van der Waals surface area contributed by atoms with E-state index >= 15 is 0 Å². The topological polar surface area (TPSA) is 66.4 Å². The molecule has 1 N–H and O–H groups in total. The van der Waals surface area contributed by atoms with Crippen molar-refractivity contribution in [2.45, 2.75) is 32.7 Å². The zero-order valence-corrected chi connectivity index (χ0v) is 18.5. The molecule has 1 heterocycles. The average molecular weight is 405 g/mol. The normalized spacial score (nSPS) is 18.5. The quantitative estimate of drug-likeness (QED) is 0.408. The Morgan fingerprint density at radius 3 is 2.83 bits per heavy atom. The zero-order chi connectivity index (χ0) is 21.2. The number of rotatable bonds is 8. The summed E-state index contributed by atoms with van der Waals surface area (Å²) in [7, 11) is 5.80. The van der Waals surface area contributed by atoms with Crippen molar-refractivity contribution in [1.82, 2.24) is 15.1 Å². The summed E-state index contributed by atoms with van der Waals surface area (Å²) in [5.41, 5.74) is 1.16. The number of methoxy groups -OCH3 is 1. The van der Waals surface area contributed by atoms with E-state index in [1.165, 1.54) is 0 Å². The fourth-order valence-corrected chi connectivity index (χ4v) is 3.64. The van der Waals surface area contributed by atoms with Gasteiger partial charge in [0, 0.05) is 19.6 Å². The Balaban J connectivity index is 2.16. The van der Waals surface area contributed by atoms with Crippen LogP contribution in [0.15, 0.2) is 29.3 Å². The van der Waals surface area contributed by atoms with Crippen LogP contribution in [0, 0.1) is 5.92 Å². The van der Waals surface area contributed by atoms with Crippen LogP contribution in [0.2, 0.25) is 0 Å². The molecule has 1 aliphatic rings. The molecule has 0 radical (unpaired) electrons. The number of likely N-dealkylation sites (tertiary alicyclic amines) is 1. The van der Waals surface area contributed by atoms with Crippen LogP contribution in [-0.2, 0) is 9.53 Å². The van der Waals surface area contributed by atoms with Crippen LogP contribution in [0.1, 0.15) is 38.3 Å². The second kappa shape index (κ2) is 11.7. The molecule has 2 rings (SSSR count). The number of aliphatic imine (C=N–C) groups is 1. The summed E-state index contributed by atoms with van der Waals surface area (Å²) in [4.78, 5) is 21.5. The molecule has 2 atom stereocenters. The van der Waals surface area contributed by atoms with Gasteiger partial charge in [-0.25, -0.2) is 0 Å². The highest BCUT2D eigenvalue weighted by molar-refractivity contribution is 5.81. The predicted molar refractivity (Wildman–Crippen MR) is 116 cm³/mol. The molecular weight excluding hydrogens is 368 g/mol. The largest absolute Gasteiger partial charge is 0.497 e. The van der Waals surface area contributed by atoms with Gasteiger partial charge in [0.05, 0.1) is 32.2 Å². The monoisotopic (exact) mass is 404 g/mol. The molecule has 2 unspecified atom stereocenters. The number of hydrogen-bond acceptors (Lipinski definition) is 5. The van der Waals surface area contributed by atoms with E-state index in [0.717, 1.165) is 43.2 Å². The smallest absolute Gasteiger partial charge is 0.310 e. The number of guanidine groups is 1. The summed E-state index contributed by atoms with van der Waals surface area (Å²) >= 11 is 0. The fourth-order valence-electron chi connectivity index (χ4n) is 3.64. The minimum absolute atomic E-state index is 0.0874. The summed E-state index contributed by atoms with van der Waals surface area (Å²) in [5.74, 6) is 1.51. The lowest BCUT2D eigenvalue weighted by Gasteiger charge is -2.34. The number of nitrogens with zero attached hydrogens (tertiary/aromatic N) is 3. The standard InChI is InChI=1S/C22H36N4O3/c1-6-23-22(26-13-9-11-18(16-26)21(27)29-7-2)24-15-20(25(3)4)17-10-8-12-19(14-17)28-5/h8,10,12,14,18,20H,6-7,9,11,13,15-16H2,1-5H3,(H,23,24). The van der Waals surface area contributed by atoms with Gasteiger partial charge in [-0.3, -0.25) is 9.79 Å². The first kappa shape index (κ1) is 23.0. The van der Waals surface area contributed by atoms with Gasteiger partial charge in [-0.2, -0.15) is 0 Å². The summed E-state index contributed by atoms with van der Waals surface area (Å²) in [6.07, 6.45) is 1.83. The summed E-state index contributed by atoms with van der Waals surface area (Å²) < 4.78 is 10.6. The average Bonchev–Trinajstić information content (AvgIpc) is 2.73. The second-order valence-electron chi connectivity index (χ2n) is 7.49. The van der Waals surface area contributed by atoms with Crippen LogP contribution in [0.5, 0.6) is 5.75 Å². The van der Waals surface area contributed by atoms with Gasteiger partial charge in [0.25, 0.3) is 0 Å². The Labute approximate surface area is 175 Å². The van der Waals surface area contributed by atoms with Gasteiger partial charge in [0.15, 0.2) is 5.96 Å². The molecule has 1 aromatic rings. The predicted octanol–water partition coefficient (Wildman–Crippen LogP) is 2.54. The van der Waals surface area contributed by atoms with E-state index in [4.69, 9.17) is 14.5 Å². The molecular formula is C22H36N4O3. The molecule has 0 aliphatic carbocycles. The van der Waals surface area contributed by atoms with Crippen molar-refractivity contribution in [1.29, 1.82) is 0 Å². The van der Waals surface area contributed by atoms with Crippen LogP contribution in [0.25, 0.3) is 0 Å². The number of benzene rings is 1. The Morgan fingerprint density at radius 2 is 2.17 bits per heavy atom. The lowest BCUT2D eigenvalue weighted by molar-refractivity contribution is -0.149. The van der Waals surface area contributed by atoms with Crippen LogP contribution in [-0.4, -0.2) is 75.7 Å². The fraction of sp³-hybridized carbons (Fsp3) is 0.636. The molecule has 1 fully saturated rings. The first-order chi connectivity index (χ1) is 14.0. The Bertz CT molecular complexity index is 678. The highest BCUT2D eigenvalue weighted by atomic mass is 16.5. The molecule has 29 heavy (non-hydrogen) atoms. The van der Waals surface area contributed by atoms with Gasteiger partial charge in [0.2, 0.25) is 0 Å². The Kier molecular flexibility index (Phi) is 9.25. The van der Waals surface area contributed by atoms with E-state index in [2.05, 4.69) is 48.3 Å². The number of carbonyl (C=O) groups excluding carboxylic acids is 1. The Morgan fingerprint density at radius 1 is 1.38 bits per heavy atom. The van der Waals surface area contributed by atoms with Gasteiger partial charge in [0.1, 0.15) is 5.75 Å². The van der Waals surface area contributed by atoms with E-state index in [9.17, 15) is 4.79 Å². The highest BCUT2D eigenvalue weighted by Crippen LogP contribution is 2.23. The number of carbonyl (C=O) groups is 1. The Hall–Kier alpha value is -2.28. The highest BCUT2D eigenvalue weighted by Gasteiger charge is 2.28. The van der Waals surface area contributed by atoms with Crippen LogP contribution < -0.4 is 10.1 Å². The molecule has 0 saturated carbocycles. The SMILES string of the molecule is CCNC(=NCC(c1cccc(OC)c1)N(C)C)N1CCCC(C(=O)OCC)C1. The van der Waals surface area contributed by atoms with E-state index in [1.54, 1.807) is 7.11 Å². The number of ether oxygens (including phenoxy) is 2. The summed E-state index contributed by atoms with van der Waals surface area (Å²) in [6, 6.07) is 8.25. The number of piperidine rings is 1. The molecule has 0 amide bonds. The lowest BCUT2D eigenvalue weighted by atomic mass is 9.98. The maximum absolute atomic E-state index is 12.2. The maximum Gasteiger partial charge on any atom is 0.310 e. The third kappa shape index (κ3) is 6.63. The first-order valence-electron chi connectivity index (χ1n) is 10.5. The summed E-state index contributed by atoms with van der Waals surface area (Å²) in [6.45, 7) is 7.28. The number of nitrogens with one attached hydrogen (secondary N) is 1. The second-order valence-corrected chi connectivity index (χ2v) is 7.49. The van der Waals surface area contributed by atoms with Gasteiger partial charge in [-0.15, -0.1) is 0 Å². The minimum atomic E-state index is -0.101. The molecule has 0 aromatic heterocycles. The van der Waals surface area contributed by atoms with Gasteiger partial charge < -0.3 is 24.6 Å². The molecule has 162 valence electrons. The van der Waals surface area contributed by atoms with Crippen molar-refractivity contribution >= 4 is 11.9 Å². The van der Waals surface area contributed by atoms with Crippen LogP contribution >= 0.6 is 0 Å². The van der Waals surface area contributed by atoms with E-state index in [1.807, 2.05) is 19.1 Å². The van der Waals surface area contributed by atoms with E-state index in [0.29, 0.717) is 19.7 Å². The molecule has 1 aromatic carbocycles. The van der Waals surface area contributed by atoms with Crippen LogP contribution in [0.4, 0.5) is 0 Å². The third-order valence-corrected chi connectivity index (χ3v) is 5.19. The summed E-state index contributed by atoms with van der Waals surface area (Å²) in [5, 5.41) is 3.39. The van der Waals surface area contributed by atoms with Crippen molar-refractivity contribution < 1.29 is 14.3 Å². The lowest BCUT2D eigenvalue weighted by Crippen LogP contribution is -2.48. The molecule has 0 spiro atoms. The zero-order valence-electron chi connectivity index (χ0n) is 18.5. The van der Waals surface area contributed by atoms with Crippen molar-refractivity contribution in [2.24, 2.45) is 10.9 Å². The van der Waals surface area contributed by atoms with Crippen molar-refractivity contribution in [3.63, 3.8) is 0 Å². The third-order valence-electron chi connectivity index (χ3n) is 5.19. The maximum atomic E-state index is 12.2. The molecule has 7 heteroatoms. The van der Waals surface area contributed by atoms with E-state index < -0.39 is 0 Å². The van der Waals surface area contributed by atoms with E-state index in [-0.39, 0.29) is 17.9 Å². The number of likely N-dealkylation sites (N-methyl/N-ethyl adjacent to an activating group) is 1. The van der Waals surface area contributed by atoms with Crippen molar-refractivity contribution in [3.8, 4) is 5.75 Å². The van der Waals surface area contributed by atoms with Gasteiger partial charge in [-0.1, -0.05) is 12.1 Å². The molecule has 1 saturated heterocycles. The molecule has 1 aliphatic heterocycles. The minimum Gasteiger partial charge on any atom is -0.497 e. The van der Waals surface area contributed by atoms with Gasteiger partial charge in [-0.05, 0) is 58.5 Å². The molecule has 0 bridgehead atoms. The number of esters is 1. The first-order valence-corrected chi connectivity index (χ1v) is 10.5. The van der Waals surface area contributed by atoms with Crippen molar-refractivity contribution in [2.75, 3.05) is 54.0 Å². The van der Waals surface area contributed by atoms with Crippen molar-refractivity contribution in [3.05, 3.63) is 29.8 Å². The van der Waals surface area contributed by atoms with Crippen LogP contribution in [0.3, 0.4) is 0 Å². The molecule has 7 nitrogen and oxygen atoms in total.